The molecule has 0 radical (unpaired) electrons. The van der Waals surface area contributed by atoms with Crippen LogP contribution in [0.1, 0.15) is 22.6 Å². The van der Waals surface area contributed by atoms with Crippen LogP contribution in [-0.4, -0.2) is 29.0 Å². The van der Waals surface area contributed by atoms with Crippen molar-refractivity contribution in [3.63, 3.8) is 0 Å². The highest BCUT2D eigenvalue weighted by molar-refractivity contribution is 7.91. The molecule has 1 aliphatic rings. The summed E-state index contributed by atoms with van der Waals surface area (Å²) in [4.78, 5) is 0. The summed E-state index contributed by atoms with van der Waals surface area (Å²) in [5.41, 5.74) is 3.19. The van der Waals surface area contributed by atoms with E-state index < -0.39 is 10.0 Å². The predicted molar refractivity (Wildman–Crippen MR) is 98.4 cm³/mol. The maximum absolute atomic E-state index is 13.0. The summed E-state index contributed by atoms with van der Waals surface area (Å²) in [5.74, 6) is -0.0381. The summed E-state index contributed by atoms with van der Waals surface area (Å²) in [6, 6.07) is 11.2. The average Bonchev–Trinajstić information content (AvgIpc) is 3.22. The molecule has 3 heterocycles. The van der Waals surface area contributed by atoms with Crippen LogP contribution in [0, 0.1) is 0 Å². The van der Waals surface area contributed by atoms with Gasteiger partial charge >= 0.3 is 0 Å². The topological polar surface area (TPSA) is 55.2 Å². The molecule has 0 saturated carbocycles. The summed E-state index contributed by atoms with van der Waals surface area (Å²) in [5, 5.41) is 4.25. The molecule has 3 aromatic rings. The zero-order valence-electron chi connectivity index (χ0n) is 13.5. The van der Waals surface area contributed by atoms with Crippen molar-refractivity contribution in [2.24, 2.45) is 7.05 Å². The Bertz CT molecular complexity index is 1030. The van der Waals surface area contributed by atoms with Crippen molar-refractivity contribution in [3.8, 4) is 0 Å². The minimum Gasteiger partial charge on any atom is -0.276 e. The van der Waals surface area contributed by atoms with Gasteiger partial charge in [-0.05, 0) is 28.8 Å². The van der Waals surface area contributed by atoms with E-state index in [-0.39, 0.29) is 10.1 Å². The molecule has 8 heteroatoms. The standard InChI is InChI=1S/C17H16ClN3O2S2/c1-20-9-13(8-19-20)15-11-21(10-12-4-2-3-5-14(12)15)25(22,23)17-7-6-16(18)24-17/h2-9,15H,10-11H2,1H3. The lowest BCUT2D eigenvalue weighted by Gasteiger charge is -2.33. The summed E-state index contributed by atoms with van der Waals surface area (Å²) in [7, 11) is -1.72. The van der Waals surface area contributed by atoms with Crippen LogP contribution < -0.4 is 0 Å². The first-order valence-corrected chi connectivity index (χ1v) is 10.4. The molecule has 0 saturated heterocycles. The Morgan fingerprint density at radius 3 is 2.72 bits per heavy atom. The lowest BCUT2D eigenvalue weighted by molar-refractivity contribution is 0.372. The van der Waals surface area contributed by atoms with Crippen molar-refractivity contribution >= 4 is 33.0 Å². The Morgan fingerprint density at radius 1 is 1.24 bits per heavy atom. The van der Waals surface area contributed by atoms with Crippen LogP contribution in [0.3, 0.4) is 0 Å². The van der Waals surface area contributed by atoms with E-state index in [1.807, 2.05) is 31.4 Å². The number of rotatable bonds is 3. The van der Waals surface area contributed by atoms with Crippen molar-refractivity contribution < 1.29 is 8.42 Å². The molecular weight excluding hydrogens is 378 g/mol. The van der Waals surface area contributed by atoms with Crippen molar-refractivity contribution in [2.45, 2.75) is 16.7 Å². The van der Waals surface area contributed by atoms with Crippen molar-refractivity contribution in [2.75, 3.05) is 6.54 Å². The molecule has 4 rings (SSSR count). The number of thiophene rings is 1. The minimum absolute atomic E-state index is 0.0381. The van der Waals surface area contributed by atoms with Gasteiger partial charge < -0.3 is 0 Å². The predicted octanol–water partition coefficient (Wildman–Crippen LogP) is 3.47. The summed E-state index contributed by atoms with van der Waals surface area (Å²) in [6.07, 6.45) is 3.75. The number of sulfonamides is 1. The fourth-order valence-corrected chi connectivity index (χ4v) is 6.30. The molecule has 0 bridgehead atoms. The molecular formula is C17H16ClN3O2S2. The van der Waals surface area contributed by atoms with Crippen molar-refractivity contribution in [1.29, 1.82) is 0 Å². The number of benzene rings is 1. The van der Waals surface area contributed by atoms with E-state index in [9.17, 15) is 8.42 Å². The number of aryl methyl sites for hydroxylation is 1. The number of hydrogen-bond acceptors (Lipinski definition) is 4. The zero-order valence-corrected chi connectivity index (χ0v) is 15.9. The Morgan fingerprint density at radius 2 is 2.04 bits per heavy atom. The van der Waals surface area contributed by atoms with Gasteiger partial charge in [-0.1, -0.05) is 35.9 Å². The molecule has 0 aliphatic carbocycles. The fraction of sp³-hybridized carbons (Fsp3) is 0.235. The Hall–Kier alpha value is -1.67. The Kier molecular flexibility index (Phi) is 4.19. The SMILES string of the molecule is Cn1cc(C2CN(S(=O)(=O)c3ccc(Cl)s3)Cc3ccccc32)cn1. The number of nitrogens with zero attached hydrogens (tertiary/aromatic N) is 3. The van der Waals surface area contributed by atoms with E-state index >= 15 is 0 Å². The van der Waals surface area contributed by atoms with Crippen molar-refractivity contribution in [3.05, 3.63) is 69.8 Å². The van der Waals surface area contributed by atoms with Gasteiger partial charge in [0.25, 0.3) is 10.0 Å². The first-order chi connectivity index (χ1) is 11.9. The molecule has 0 spiro atoms. The van der Waals surface area contributed by atoms with Crippen LogP contribution in [0.25, 0.3) is 0 Å². The van der Waals surface area contributed by atoms with Crippen molar-refractivity contribution in [1.82, 2.24) is 14.1 Å². The van der Waals surface area contributed by atoms with E-state index in [0.717, 1.165) is 28.0 Å². The summed E-state index contributed by atoms with van der Waals surface area (Å²) < 4.78 is 30.1. The lowest BCUT2D eigenvalue weighted by atomic mass is 9.87. The second-order valence-electron chi connectivity index (χ2n) is 6.05. The van der Waals surface area contributed by atoms with Gasteiger partial charge in [-0.3, -0.25) is 4.68 Å². The van der Waals surface area contributed by atoms with Gasteiger partial charge in [0.1, 0.15) is 4.21 Å². The van der Waals surface area contributed by atoms with Gasteiger partial charge in [0.15, 0.2) is 0 Å². The highest BCUT2D eigenvalue weighted by atomic mass is 35.5. The molecule has 1 aromatic carbocycles. The molecule has 1 aliphatic heterocycles. The van der Waals surface area contributed by atoms with Crippen LogP contribution in [0.4, 0.5) is 0 Å². The average molecular weight is 394 g/mol. The molecule has 0 fully saturated rings. The van der Waals surface area contributed by atoms with Gasteiger partial charge in [0, 0.05) is 32.3 Å². The van der Waals surface area contributed by atoms with E-state index in [2.05, 4.69) is 11.2 Å². The van der Waals surface area contributed by atoms with E-state index in [1.54, 1.807) is 23.0 Å². The van der Waals surface area contributed by atoms with Gasteiger partial charge in [0.05, 0.1) is 10.5 Å². The van der Waals surface area contributed by atoms with Crippen LogP contribution in [0.2, 0.25) is 4.34 Å². The zero-order chi connectivity index (χ0) is 17.6. The molecule has 1 unspecified atom stereocenters. The maximum Gasteiger partial charge on any atom is 0.252 e. The number of aromatic nitrogens is 2. The molecule has 1 atom stereocenters. The number of halogens is 1. The highest BCUT2D eigenvalue weighted by Crippen LogP contribution is 2.37. The molecule has 130 valence electrons. The first kappa shape index (κ1) is 16.8. The molecule has 0 N–H and O–H groups in total. The maximum atomic E-state index is 13.0. The quantitative estimate of drug-likeness (QED) is 0.684. The largest absolute Gasteiger partial charge is 0.276 e. The second kappa shape index (κ2) is 6.25. The molecule has 5 nitrogen and oxygen atoms in total. The third-order valence-corrected chi connectivity index (χ3v) is 7.94. The third kappa shape index (κ3) is 3.01. The summed E-state index contributed by atoms with van der Waals surface area (Å²) in [6.45, 7) is 0.755. The van der Waals surface area contributed by atoms with E-state index in [4.69, 9.17) is 11.6 Å². The monoisotopic (exact) mass is 393 g/mol. The summed E-state index contributed by atoms with van der Waals surface area (Å²) >= 11 is 7.03. The number of hydrogen-bond donors (Lipinski definition) is 0. The van der Waals surface area contributed by atoms with E-state index in [0.29, 0.717) is 17.4 Å². The van der Waals surface area contributed by atoms with Crippen LogP contribution in [0.5, 0.6) is 0 Å². The lowest BCUT2D eigenvalue weighted by Crippen LogP contribution is -2.38. The molecule has 2 aromatic heterocycles. The first-order valence-electron chi connectivity index (χ1n) is 7.77. The smallest absolute Gasteiger partial charge is 0.252 e. The fourth-order valence-electron chi connectivity index (χ4n) is 3.23. The Balaban J connectivity index is 1.77. The van der Waals surface area contributed by atoms with Gasteiger partial charge in [0.2, 0.25) is 0 Å². The second-order valence-corrected chi connectivity index (χ2v) is 9.93. The van der Waals surface area contributed by atoms with Gasteiger partial charge in [-0.2, -0.15) is 9.40 Å². The van der Waals surface area contributed by atoms with Crippen LogP contribution in [-0.2, 0) is 23.6 Å². The van der Waals surface area contributed by atoms with Crippen LogP contribution >= 0.6 is 22.9 Å². The Labute approximate surface area is 155 Å². The normalized spacial score (nSPS) is 18.2. The third-order valence-electron chi connectivity index (χ3n) is 4.43. The van der Waals surface area contributed by atoms with Gasteiger partial charge in [-0.15, -0.1) is 11.3 Å². The molecule has 0 amide bonds. The minimum atomic E-state index is -3.58. The van der Waals surface area contributed by atoms with Crippen LogP contribution in [0.15, 0.2) is 53.0 Å². The number of fused-ring (bicyclic) bond motifs is 1. The molecule has 25 heavy (non-hydrogen) atoms. The van der Waals surface area contributed by atoms with E-state index in [1.165, 1.54) is 4.31 Å². The van der Waals surface area contributed by atoms with Gasteiger partial charge in [-0.25, -0.2) is 8.42 Å². The highest BCUT2D eigenvalue weighted by Gasteiger charge is 2.35.